The van der Waals surface area contributed by atoms with Crippen LogP contribution in [0.25, 0.3) is 16.7 Å². The van der Waals surface area contributed by atoms with Gasteiger partial charge >= 0.3 is 0 Å². The lowest BCUT2D eigenvalue weighted by Gasteiger charge is -2.20. The van der Waals surface area contributed by atoms with Gasteiger partial charge in [0.1, 0.15) is 24.0 Å². The molecule has 0 spiro atoms. The Bertz CT molecular complexity index is 1030. The number of hydrogen-bond acceptors (Lipinski definition) is 5. The van der Waals surface area contributed by atoms with E-state index in [-0.39, 0.29) is 18.0 Å². The Morgan fingerprint density at radius 1 is 1.11 bits per heavy atom. The summed E-state index contributed by atoms with van der Waals surface area (Å²) in [6.07, 6.45) is 7.28. The number of hydrogen-bond donors (Lipinski definition) is 0. The molecule has 1 aliphatic heterocycles. The highest BCUT2D eigenvalue weighted by Gasteiger charge is 2.18. The smallest absolute Gasteiger partial charge is 0.264 e. The van der Waals surface area contributed by atoms with Crippen LogP contribution in [-0.2, 0) is 11.3 Å². The van der Waals surface area contributed by atoms with Gasteiger partial charge in [-0.1, -0.05) is 12.8 Å². The van der Waals surface area contributed by atoms with Crippen molar-refractivity contribution in [3.63, 3.8) is 0 Å². The van der Waals surface area contributed by atoms with E-state index in [2.05, 4.69) is 10.1 Å². The average molecular weight is 381 g/mol. The second-order valence-electron chi connectivity index (χ2n) is 6.96. The van der Waals surface area contributed by atoms with Gasteiger partial charge in [0.15, 0.2) is 5.65 Å². The van der Waals surface area contributed by atoms with Crippen LogP contribution in [0, 0.1) is 0 Å². The predicted octanol–water partition coefficient (Wildman–Crippen LogP) is 1.99. The van der Waals surface area contributed by atoms with Gasteiger partial charge in [0.05, 0.1) is 19.0 Å². The minimum Gasteiger partial charge on any atom is -0.497 e. The van der Waals surface area contributed by atoms with Crippen LogP contribution in [-0.4, -0.2) is 50.3 Å². The molecule has 3 heterocycles. The van der Waals surface area contributed by atoms with Gasteiger partial charge in [-0.05, 0) is 37.1 Å². The molecule has 4 rings (SSSR count). The maximum atomic E-state index is 12.8. The number of carbonyl (C=O) groups is 1. The van der Waals surface area contributed by atoms with E-state index in [9.17, 15) is 9.59 Å². The fourth-order valence-corrected chi connectivity index (χ4v) is 3.54. The zero-order valence-electron chi connectivity index (χ0n) is 15.9. The molecule has 1 fully saturated rings. The SMILES string of the molecule is COc1ccc(-n2ncc3c(=O)n(CC(=O)N4CCCCCC4)cnc32)cc1. The van der Waals surface area contributed by atoms with Gasteiger partial charge < -0.3 is 9.64 Å². The minimum atomic E-state index is -0.257. The van der Waals surface area contributed by atoms with E-state index in [4.69, 9.17) is 4.74 Å². The number of benzene rings is 1. The van der Waals surface area contributed by atoms with Crippen molar-refractivity contribution in [1.29, 1.82) is 0 Å². The Kier molecular flexibility index (Phi) is 5.10. The summed E-state index contributed by atoms with van der Waals surface area (Å²) >= 11 is 0. The van der Waals surface area contributed by atoms with E-state index in [1.807, 2.05) is 29.2 Å². The van der Waals surface area contributed by atoms with E-state index >= 15 is 0 Å². The van der Waals surface area contributed by atoms with E-state index in [1.54, 1.807) is 11.8 Å². The Labute approximate surface area is 162 Å². The summed E-state index contributed by atoms with van der Waals surface area (Å²) in [4.78, 5) is 31.7. The molecule has 1 aliphatic rings. The molecule has 8 heteroatoms. The minimum absolute atomic E-state index is 0.00941. The highest BCUT2D eigenvalue weighted by Crippen LogP contribution is 2.17. The van der Waals surface area contributed by atoms with Crippen molar-refractivity contribution in [3.05, 3.63) is 47.1 Å². The second kappa shape index (κ2) is 7.84. The third-order valence-electron chi connectivity index (χ3n) is 5.14. The van der Waals surface area contributed by atoms with Crippen molar-refractivity contribution in [1.82, 2.24) is 24.2 Å². The standard InChI is InChI=1S/C20H23N5O3/c1-28-16-8-6-15(7-9-16)25-19-17(12-22-25)20(27)24(14-21-19)13-18(26)23-10-4-2-3-5-11-23/h6-9,12,14H,2-5,10-11,13H2,1H3. The molecule has 2 aromatic heterocycles. The van der Waals surface area contributed by atoms with E-state index < -0.39 is 0 Å². The lowest BCUT2D eigenvalue weighted by Crippen LogP contribution is -2.37. The van der Waals surface area contributed by atoms with E-state index in [0.717, 1.165) is 50.2 Å². The zero-order valence-corrected chi connectivity index (χ0v) is 15.9. The molecule has 0 saturated carbocycles. The molecular formula is C20H23N5O3. The Morgan fingerprint density at radius 2 is 1.82 bits per heavy atom. The number of carbonyl (C=O) groups excluding carboxylic acids is 1. The molecule has 3 aromatic rings. The Morgan fingerprint density at radius 3 is 2.50 bits per heavy atom. The number of aromatic nitrogens is 4. The van der Waals surface area contributed by atoms with Crippen molar-refractivity contribution < 1.29 is 9.53 Å². The van der Waals surface area contributed by atoms with Crippen LogP contribution < -0.4 is 10.3 Å². The van der Waals surface area contributed by atoms with Gasteiger partial charge in [0.25, 0.3) is 5.56 Å². The number of likely N-dealkylation sites (tertiary alicyclic amines) is 1. The number of fused-ring (bicyclic) bond motifs is 1. The molecule has 0 aliphatic carbocycles. The summed E-state index contributed by atoms with van der Waals surface area (Å²) in [6, 6.07) is 7.34. The molecule has 0 unspecified atom stereocenters. The molecule has 1 amide bonds. The van der Waals surface area contributed by atoms with E-state index in [0.29, 0.717) is 11.0 Å². The van der Waals surface area contributed by atoms with Crippen LogP contribution in [0.3, 0.4) is 0 Å². The molecule has 0 bridgehead atoms. The van der Waals surface area contributed by atoms with Crippen LogP contribution in [0.1, 0.15) is 25.7 Å². The maximum absolute atomic E-state index is 12.8. The lowest BCUT2D eigenvalue weighted by molar-refractivity contribution is -0.131. The quantitative estimate of drug-likeness (QED) is 0.690. The summed E-state index contributed by atoms with van der Waals surface area (Å²) in [7, 11) is 1.61. The molecule has 0 radical (unpaired) electrons. The van der Waals surface area contributed by atoms with Crippen molar-refractivity contribution >= 4 is 16.9 Å². The first-order chi connectivity index (χ1) is 13.7. The topological polar surface area (TPSA) is 82.2 Å². The number of amides is 1. The Balaban J connectivity index is 1.61. The molecule has 1 saturated heterocycles. The van der Waals surface area contributed by atoms with Gasteiger partial charge in [-0.15, -0.1) is 0 Å². The van der Waals surface area contributed by atoms with Crippen molar-refractivity contribution in [3.8, 4) is 11.4 Å². The molecule has 1 aromatic carbocycles. The summed E-state index contributed by atoms with van der Waals surface area (Å²) in [5.74, 6) is 0.704. The van der Waals surface area contributed by atoms with Gasteiger partial charge in [0.2, 0.25) is 5.91 Å². The van der Waals surface area contributed by atoms with Gasteiger partial charge in [-0.3, -0.25) is 14.2 Å². The molecule has 0 atom stereocenters. The van der Waals surface area contributed by atoms with Crippen molar-refractivity contribution in [2.24, 2.45) is 0 Å². The number of methoxy groups -OCH3 is 1. The maximum Gasteiger partial charge on any atom is 0.264 e. The monoisotopic (exact) mass is 381 g/mol. The highest BCUT2D eigenvalue weighted by atomic mass is 16.5. The van der Waals surface area contributed by atoms with Crippen LogP contribution in [0.15, 0.2) is 41.6 Å². The fourth-order valence-electron chi connectivity index (χ4n) is 3.54. The molecule has 8 nitrogen and oxygen atoms in total. The number of ether oxygens (including phenoxy) is 1. The van der Waals surface area contributed by atoms with Gasteiger partial charge in [0, 0.05) is 13.1 Å². The highest BCUT2D eigenvalue weighted by molar-refractivity contribution is 5.78. The summed E-state index contributed by atoms with van der Waals surface area (Å²) in [6.45, 7) is 1.53. The molecule has 0 N–H and O–H groups in total. The number of rotatable bonds is 4. The largest absolute Gasteiger partial charge is 0.497 e. The second-order valence-corrected chi connectivity index (χ2v) is 6.96. The zero-order chi connectivity index (χ0) is 19.5. The first kappa shape index (κ1) is 18.2. The van der Waals surface area contributed by atoms with Crippen LogP contribution in [0.5, 0.6) is 5.75 Å². The van der Waals surface area contributed by atoms with Crippen LogP contribution in [0.4, 0.5) is 0 Å². The third kappa shape index (κ3) is 3.49. The summed E-state index contributed by atoms with van der Waals surface area (Å²) < 4.78 is 8.15. The first-order valence-corrected chi connectivity index (χ1v) is 9.53. The summed E-state index contributed by atoms with van der Waals surface area (Å²) in [5, 5.41) is 4.70. The molecule has 28 heavy (non-hydrogen) atoms. The van der Waals surface area contributed by atoms with Gasteiger partial charge in [-0.25, -0.2) is 9.67 Å². The van der Waals surface area contributed by atoms with Gasteiger partial charge in [-0.2, -0.15) is 5.10 Å². The lowest BCUT2D eigenvalue weighted by atomic mass is 10.2. The predicted molar refractivity (Wildman–Crippen MR) is 105 cm³/mol. The van der Waals surface area contributed by atoms with Crippen LogP contribution >= 0.6 is 0 Å². The number of nitrogens with zero attached hydrogens (tertiary/aromatic N) is 5. The Hall–Kier alpha value is -3.16. The van der Waals surface area contributed by atoms with Crippen LogP contribution in [0.2, 0.25) is 0 Å². The average Bonchev–Trinajstić information content (AvgIpc) is 2.96. The fraction of sp³-hybridized carbons (Fsp3) is 0.400. The van der Waals surface area contributed by atoms with Crippen molar-refractivity contribution in [2.45, 2.75) is 32.2 Å². The normalized spacial score (nSPS) is 14.8. The first-order valence-electron chi connectivity index (χ1n) is 9.53. The molecule has 146 valence electrons. The molecular weight excluding hydrogens is 358 g/mol. The summed E-state index contributed by atoms with van der Waals surface area (Å²) in [5.41, 5.74) is 0.989. The van der Waals surface area contributed by atoms with Crippen molar-refractivity contribution in [2.75, 3.05) is 20.2 Å². The van der Waals surface area contributed by atoms with E-state index in [1.165, 1.54) is 17.1 Å². The third-order valence-corrected chi connectivity index (χ3v) is 5.14.